The van der Waals surface area contributed by atoms with Crippen LogP contribution in [0.2, 0.25) is 0 Å². The van der Waals surface area contributed by atoms with Crippen LogP contribution in [0.15, 0.2) is 29.2 Å². The number of sulfone groups is 1. The van der Waals surface area contributed by atoms with E-state index in [0.717, 1.165) is 11.1 Å². The predicted molar refractivity (Wildman–Crippen MR) is 65.3 cm³/mol. The number of hydrogen-bond acceptors (Lipinski definition) is 2. The highest BCUT2D eigenvalue weighted by molar-refractivity contribution is 14.1. The van der Waals surface area contributed by atoms with Crippen molar-refractivity contribution in [3.8, 4) is 0 Å². The zero-order valence-electron chi connectivity index (χ0n) is 7.57. The van der Waals surface area contributed by atoms with Crippen LogP contribution < -0.4 is 0 Å². The number of allylic oxidation sites excluding steroid dienone is 1. The average molecular weight is 320 g/mol. The van der Waals surface area contributed by atoms with Gasteiger partial charge in [-0.3, -0.25) is 0 Å². The Labute approximate surface area is 97.1 Å². The Morgan fingerprint density at radius 3 is 2.71 bits per heavy atom. The lowest BCUT2D eigenvalue weighted by Crippen LogP contribution is -2.00. The Balaban J connectivity index is 2.73. The van der Waals surface area contributed by atoms with Gasteiger partial charge in [-0.15, -0.1) is 0 Å². The number of halogens is 1. The molecule has 0 heterocycles. The topological polar surface area (TPSA) is 34.1 Å². The highest BCUT2D eigenvalue weighted by Gasteiger charge is 2.20. The fraction of sp³-hybridized carbons (Fsp3) is 0.200. The van der Waals surface area contributed by atoms with E-state index in [-0.39, 0.29) is 0 Å². The van der Waals surface area contributed by atoms with Gasteiger partial charge in [-0.05, 0) is 17.2 Å². The molecule has 0 fully saturated rings. The third-order valence-corrected chi connectivity index (χ3v) is 4.47. The van der Waals surface area contributed by atoms with Gasteiger partial charge in [0.25, 0.3) is 0 Å². The van der Waals surface area contributed by atoms with E-state index in [1.807, 2.05) is 18.2 Å². The second-order valence-corrected chi connectivity index (χ2v) is 6.62. The van der Waals surface area contributed by atoms with Gasteiger partial charge in [-0.1, -0.05) is 46.9 Å². The van der Waals surface area contributed by atoms with Crippen molar-refractivity contribution in [2.24, 2.45) is 0 Å². The summed E-state index contributed by atoms with van der Waals surface area (Å²) >= 11 is 2.29. The molecular weight excluding hydrogens is 311 g/mol. The van der Waals surface area contributed by atoms with Crippen LogP contribution in [0.5, 0.6) is 0 Å². The van der Waals surface area contributed by atoms with Gasteiger partial charge in [-0.2, -0.15) is 0 Å². The second kappa shape index (κ2) is 3.34. The smallest absolute Gasteiger partial charge is 0.176 e. The van der Waals surface area contributed by atoms with Crippen molar-refractivity contribution in [2.75, 3.05) is 6.26 Å². The summed E-state index contributed by atoms with van der Waals surface area (Å²) in [5, 5.41) is 0. The van der Waals surface area contributed by atoms with Crippen LogP contribution in [-0.2, 0) is 9.84 Å². The molecule has 0 bridgehead atoms. The van der Waals surface area contributed by atoms with Crippen molar-refractivity contribution in [2.45, 2.75) is 8.82 Å². The molecule has 1 aliphatic carbocycles. The van der Waals surface area contributed by atoms with Gasteiger partial charge in [0.2, 0.25) is 0 Å². The Bertz CT molecular complexity index is 503. The molecule has 1 aliphatic rings. The first-order chi connectivity index (χ1) is 6.50. The van der Waals surface area contributed by atoms with E-state index in [9.17, 15) is 8.42 Å². The molecule has 74 valence electrons. The highest BCUT2D eigenvalue weighted by Crippen LogP contribution is 2.37. The normalized spacial score (nSPS) is 19.7. The van der Waals surface area contributed by atoms with Crippen LogP contribution in [0.1, 0.15) is 15.1 Å². The number of benzene rings is 1. The SMILES string of the molecule is CS(=O)(=O)c1cccc2c1C=CC2I. The summed E-state index contributed by atoms with van der Waals surface area (Å²) in [7, 11) is -3.11. The van der Waals surface area contributed by atoms with Crippen molar-refractivity contribution >= 4 is 38.5 Å². The fourth-order valence-corrected chi connectivity index (χ4v) is 3.25. The molecule has 1 aromatic rings. The molecule has 2 rings (SSSR count). The molecule has 0 N–H and O–H groups in total. The second-order valence-electron chi connectivity index (χ2n) is 3.29. The monoisotopic (exact) mass is 320 g/mol. The Hall–Kier alpha value is -0.360. The van der Waals surface area contributed by atoms with Crippen molar-refractivity contribution in [3.63, 3.8) is 0 Å². The Morgan fingerprint density at radius 2 is 2.07 bits per heavy atom. The lowest BCUT2D eigenvalue weighted by atomic mass is 10.1. The molecule has 0 saturated carbocycles. The minimum absolute atomic E-state index is 0.296. The summed E-state index contributed by atoms with van der Waals surface area (Å²) in [5.74, 6) is 0. The summed E-state index contributed by atoms with van der Waals surface area (Å²) in [6.07, 6.45) is 5.15. The molecule has 0 radical (unpaired) electrons. The van der Waals surface area contributed by atoms with Gasteiger partial charge >= 0.3 is 0 Å². The molecule has 0 aromatic heterocycles. The van der Waals surface area contributed by atoms with Gasteiger partial charge in [-0.25, -0.2) is 8.42 Å². The van der Waals surface area contributed by atoms with E-state index in [4.69, 9.17) is 0 Å². The van der Waals surface area contributed by atoms with E-state index in [1.54, 1.807) is 12.1 Å². The number of fused-ring (bicyclic) bond motifs is 1. The molecule has 4 heteroatoms. The minimum atomic E-state index is -3.11. The van der Waals surface area contributed by atoms with E-state index >= 15 is 0 Å². The molecule has 0 amide bonds. The number of hydrogen-bond donors (Lipinski definition) is 0. The van der Waals surface area contributed by atoms with Crippen LogP contribution in [0.3, 0.4) is 0 Å². The van der Waals surface area contributed by atoms with Crippen molar-refractivity contribution < 1.29 is 8.42 Å². The van der Waals surface area contributed by atoms with Gasteiger partial charge in [0.15, 0.2) is 9.84 Å². The van der Waals surface area contributed by atoms with E-state index in [0.29, 0.717) is 8.82 Å². The molecule has 0 saturated heterocycles. The lowest BCUT2D eigenvalue weighted by molar-refractivity contribution is 0.601. The zero-order valence-corrected chi connectivity index (χ0v) is 10.5. The maximum absolute atomic E-state index is 11.5. The third kappa shape index (κ3) is 1.61. The van der Waals surface area contributed by atoms with Crippen LogP contribution >= 0.6 is 22.6 Å². The van der Waals surface area contributed by atoms with E-state index in [2.05, 4.69) is 22.6 Å². The average Bonchev–Trinajstić information content (AvgIpc) is 2.46. The zero-order chi connectivity index (χ0) is 10.3. The molecule has 2 nitrogen and oxygen atoms in total. The van der Waals surface area contributed by atoms with Crippen molar-refractivity contribution in [1.29, 1.82) is 0 Å². The molecular formula is C10H9IO2S. The molecule has 0 aliphatic heterocycles. The minimum Gasteiger partial charge on any atom is -0.224 e. The maximum atomic E-state index is 11.5. The molecule has 14 heavy (non-hydrogen) atoms. The summed E-state index contributed by atoms with van der Waals surface area (Å²) in [5.41, 5.74) is 1.95. The molecule has 1 aromatic carbocycles. The standard InChI is InChI=1S/C10H9IO2S/c1-14(12,13)10-4-2-3-7-8(10)5-6-9(7)11/h2-6,9H,1H3. The summed E-state index contributed by atoms with van der Waals surface area (Å²) in [4.78, 5) is 0.436. The molecule has 0 spiro atoms. The highest BCUT2D eigenvalue weighted by atomic mass is 127. The Kier molecular flexibility index (Phi) is 2.43. The Morgan fingerprint density at radius 1 is 1.36 bits per heavy atom. The molecule has 1 atom stereocenters. The molecule has 1 unspecified atom stereocenters. The predicted octanol–water partition coefficient (Wildman–Crippen LogP) is 2.59. The van der Waals surface area contributed by atoms with Crippen LogP contribution in [0.4, 0.5) is 0 Å². The van der Waals surface area contributed by atoms with Crippen LogP contribution in [0.25, 0.3) is 6.08 Å². The van der Waals surface area contributed by atoms with Gasteiger partial charge in [0.1, 0.15) is 0 Å². The quantitative estimate of drug-likeness (QED) is 0.589. The van der Waals surface area contributed by atoms with Crippen LogP contribution in [-0.4, -0.2) is 14.7 Å². The summed E-state index contributed by atoms with van der Waals surface area (Å²) < 4.78 is 23.2. The fourth-order valence-electron chi connectivity index (χ4n) is 1.59. The maximum Gasteiger partial charge on any atom is 0.176 e. The third-order valence-electron chi connectivity index (χ3n) is 2.23. The van der Waals surface area contributed by atoms with Crippen molar-refractivity contribution in [1.82, 2.24) is 0 Å². The van der Waals surface area contributed by atoms with Gasteiger partial charge < -0.3 is 0 Å². The first kappa shape index (κ1) is 10.2. The first-order valence-electron chi connectivity index (χ1n) is 4.15. The summed E-state index contributed by atoms with van der Waals surface area (Å²) in [6.45, 7) is 0. The van der Waals surface area contributed by atoms with Gasteiger partial charge in [0, 0.05) is 6.26 Å². The summed E-state index contributed by atoms with van der Waals surface area (Å²) in [6, 6.07) is 5.43. The number of alkyl halides is 1. The van der Waals surface area contributed by atoms with E-state index < -0.39 is 9.84 Å². The van der Waals surface area contributed by atoms with E-state index in [1.165, 1.54) is 6.26 Å². The van der Waals surface area contributed by atoms with Gasteiger partial charge in [0.05, 0.1) is 8.82 Å². The lowest BCUT2D eigenvalue weighted by Gasteiger charge is -2.06. The van der Waals surface area contributed by atoms with Crippen LogP contribution in [0, 0.1) is 0 Å². The largest absolute Gasteiger partial charge is 0.224 e. The number of rotatable bonds is 1. The van der Waals surface area contributed by atoms with Crippen molar-refractivity contribution in [3.05, 3.63) is 35.4 Å². The first-order valence-corrected chi connectivity index (χ1v) is 7.29.